The quantitative estimate of drug-likeness (QED) is 0.116. The summed E-state index contributed by atoms with van der Waals surface area (Å²) in [7, 11) is 0. The summed E-state index contributed by atoms with van der Waals surface area (Å²) in [5.74, 6) is 0. The van der Waals surface area contributed by atoms with Gasteiger partial charge in [0.05, 0.1) is 5.08 Å². The van der Waals surface area contributed by atoms with Gasteiger partial charge in [0.15, 0.2) is 0 Å². The van der Waals surface area contributed by atoms with Crippen molar-refractivity contribution in [3.8, 4) is 0 Å². The topological polar surface area (TPSA) is 36.1 Å². The molecule has 0 aromatic heterocycles. The summed E-state index contributed by atoms with van der Waals surface area (Å²) in [6.45, 7) is 10.6. The molecule has 0 spiro atoms. The fourth-order valence-electron chi connectivity index (χ4n) is 2.70. The predicted molar refractivity (Wildman–Crippen MR) is 136 cm³/mol. The summed E-state index contributed by atoms with van der Waals surface area (Å²) < 4.78 is 36.9. The van der Waals surface area contributed by atoms with Crippen molar-refractivity contribution in [3.05, 3.63) is 79.5 Å². The maximum Gasteiger partial charge on any atom is 0.442 e. The Bertz CT molecular complexity index is 910. The molecular formula is C24H28F3N3S2. The second-order valence-corrected chi connectivity index (χ2v) is 9.22. The number of anilines is 4. The number of benzene rings is 2. The van der Waals surface area contributed by atoms with Gasteiger partial charge in [-0.1, -0.05) is 32.6 Å². The Morgan fingerprint density at radius 2 is 1.69 bits per heavy atom. The fourth-order valence-corrected chi connectivity index (χ4v) is 4.35. The molecule has 2 aromatic rings. The van der Waals surface area contributed by atoms with Gasteiger partial charge in [0, 0.05) is 39.9 Å². The van der Waals surface area contributed by atoms with E-state index in [0.29, 0.717) is 0 Å². The molecule has 0 saturated carbocycles. The van der Waals surface area contributed by atoms with E-state index in [9.17, 15) is 13.2 Å². The second kappa shape index (κ2) is 13.2. The summed E-state index contributed by atoms with van der Waals surface area (Å²) in [6, 6.07) is 13.4. The molecular weight excluding hydrogens is 451 g/mol. The van der Waals surface area contributed by atoms with Crippen molar-refractivity contribution in [2.24, 2.45) is 0 Å². The smallest absolute Gasteiger partial charge is 0.385 e. The zero-order chi connectivity index (χ0) is 23.4. The largest absolute Gasteiger partial charge is 0.442 e. The number of unbranched alkanes of at least 4 members (excludes halogenated alkanes) is 1. The van der Waals surface area contributed by atoms with Gasteiger partial charge in [-0.2, -0.15) is 13.2 Å². The number of hydrogen-bond acceptors (Lipinski definition) is 5. The van der Waals surface area contributed by atoms with Crippen LogP contribution in [0.3, 0.4) is 0 Å². The normalized spacial score (nSPS) is 11.7. The van der Waals surface area contributed by atoms with Crippen LogP contribution in [-0.4, -0.2) is 17.1 Å². The average Bonchev–Trinajstić information content (AvgIpc) is 2.74. The maximum atomic E-state index is 12.3. The lowest BCUT2D eigenvalue weighted by molar-refractivity contribution is -0.0324. The molecule has 0 fully saturated rings. The zero-order valence-corrected chi connectivity index (χ0v) is 19.6. The average molecular weight is 480 g/mol. The van der Waals surface area contributed by atoms with Crippen LogP contribution in [-0.2, 0) is 0 Å². The first-order chi connectivity index (χ1) is 15.3. The molecule has 172 valence electrons. The van der Waals surface area contributed by atoms with Crippen molar-refractivity contribution in [1.29, 1.82) is 0 Å². The lowest BCUT2D eigenvalue weighted by Gasteiger charge is -2.15. The molecule has 0 atom stereocenters. The van der Waals surface area contributed by atoms with Crippen LogP contribution in [0.4, 0.5) is 35.9 Å². The van der Waals surface area contributed by atoms with Crippen LogP contribution in [0, 0.1) is 0 Å². The highest BCUT2D eigenvalue weighted by Crippen LogP contribution is 2.35. The van der Waals surface area contributed by atoms with E-state index in [2.05, 4.69) is 36.0 Å². The Balaban J connectivity index is 2.13. The Hall–Kier alpha value is -2.45. The molecule has 2 aromatic carbocycles. The first-order valence-electron chi connectivity index (χ1n) is 10.1. The number of allylic oxidation sites excluding steroid dienone is 3. The van der Waals surface area contributed by atoms with E-state index in [4.69, 9.17) is 0 Å². The Morgan fingerprint density at radius 1 is 1.00 bits per heavy atom. The van der Waals surface area contributed by atoms with E-state index < -0.39 is 5.51 Å². The van der Waals surface area contributed by atoms with Gasteiger partial charge in [0.1, 0.15) is 0 Å². The Morgan fingerprint density at radius 3 is 2.31 bits per heavy atom. The molecule has 3 N–H and O–H groups in total. The van der Waals surface area contributed by atoms with E-state index >= 15 is 0 Å². The minimum atomic E-state index is -4.21. The van der Waals surface area contributed by atoms with Gasteiger partial charge in [-0.25, -0.2) is 0 Å². The monoisotopic (exact) mass is 479 g/mol. The third-order valence-electron chi connectivity index (χ3n) is 4.19. The van der Waals surface area contributed by atoms with Crippen molar-refractivity contribution in [3.63, 3.8) is 0 Å². The minimum absolute atomic E-state index is 0.0279. The Labute approximate surface area is 196 Å². The number of halogens is 3. The third kappa shape index (κ3) is 9.78. The summed E-state index contributed by atoms with van der Waals surface area (Å²) in [5, 5.41) is 10.1. The van der Waals surface area contributed by atoms with Gasteiger partial charge in [-0.15, -0.1) is 11.8 Å². The second-order valence-electron chi connectivity index (χ2n) is 6.77. The van der Waals surface area contributed by atoms with Crippen LogP contribution < -0.4 is 16.0 Å². The van der Waals surface area contributed by atoms with Crippen molar-refractivity contribution in [2.75, 3.05) is 27.6 Å². The fraction of sp³-hybridized carbons (Fsp3) is 0.250. The molecule has 0 heterocycles. The molecule has 0 amide bonds. The van der Waals surface area contributed by atoms with Crippen molar-refractivity contribution < 1.29 is 13.2 Å². The van der Waals surface area contributed by atoms with Crippen LogP contribution in [0.1, 0.15) is 19.8 Å². The number of rotatable bonds is 13. The molecule has 3 nitrogen and oxygen atoms in total. The molecule has 0 saturated heterocycles. The standard InChI is InChI=1S/C24H28F3N3S2/c1-4-7-13-28-20-14-21(29-18(6-3)8-5-2)16-22(15-20)30-19-9-11-23(12-10-19)31-17-32-24(25,26)27/h5-6,8-12,14-16,28-30H,2-4,7,13,17H2,1H3/b18-8+. The number of alkyl halides is 3. The van der Waals surface area contributed by atoms with E-state index in [1.807, 2.05) is 48.5 Å². The summed E-state index contributed by atoms with van der Waals surface area (Å²) in [5.41, 5.74) is 0.212. The SMILES string of the molecule is C=C/C=C(\C=C)Nc1cc(NCCCC)cc(Nc2ccc(SCSC(F)(F)F)cc2)c1. The molecule has 32 heavy (non-hydrogen) atoms. The van der Waals surface area contributed by atoms with E-state index in [1.165, 1.54) is 0 Å². The van der Waals surface area contributed by atoms with Gasteiger partial charge < -0.3 is 16.0 Å². The Kier molecular flexibility index (Phi) is 10.6. The van der Waals surface area contributed by atoms with Crippen molar-refractivity contribution >= 4 is 46.3 Å². The van der Waals surface area contributed by atoms with Crippen LogP contribution in [0.15, 0.2) is 84.4 Å². The van der Waals surface area contributed by atoms with E-state index in [-0.39, 0.29) is 16.8 Å². The van der Waals surface area contributed by atoms with Crippen LogP contribution >= 0.6 is 23.5 Å². The lowest BCUT2D eigenvalue weighted by Crippen LogP contribution is -2.04. The zero-order valence-electron chi connectivity index (χ0n) is 18.0. The number of thioether (sulfide) groups is 2. The maximum absolute atomic E-state index is 12.3. The molecule has 0 aliphatic rings. The molecule has 0 aliphatic carbocycles. The minimum Gasteiger partial charge on any atom is -0.385 e. The van der Waals surface area contributed by atoms with Gasteiger partial charge in [-0.3, -0.25) is 0 Å². The molecule has 0 radical (unpaired) electrons. The first-order valence-corrected chi connectivity index (χ1v) is 12.1. The summed E-state index contributed by atoms with van der Waals surface area (Å²) >= 11 is 1.14. The summed E-state index contributed by atoms with van der Waals surface area (Å²) in [4.78, 5) is 0.787. The van der Waals surface area contributed by atoms with Gasteiger partial charge >= 0.3 is 5.51 Å². The number of hydrogen-bond donors (Lipinski definition) is 3. The molecule has 0 bridgehead atoms. The van der Waals surface area contributed by atoms with Gasteiger partial charge in [-0.05, 0) is 72.8 Å². The molecule has 0 unspecified atom stereocenters. The van der Waals surface area contributed by atoms with Crippen molar-refractivity contribution in [1.82, 2.24) is 0 Å². The molecule has 2 rings (SSSR count). The lowest BCUT2D eigenvalue weighted by atomic mass is 10.2. The predicted octanol–water partition coefficient (Wildman–Crippen LogP) is 8.61. The molecule has 8 heteroatoms. The van der Waals surface area contributed by atoms with Crippen LogP contribution in [0.25, 0.3) is 0 Å². The van der Waals surface area contributed by atoms with E-state index in [0.717, 1.165) is 64.5 Å². The van der Waals surface area contributed by atoms with Crippen molar-refractivity contribution in [2.45, 2.75) is 30.2 Å². The highest BCUT2D eigenvalue weighted by atomic mass is 32.2. The van der Waals surface area contributed by atoms with Crippen LogP contribution in [0.2, 0.25) is 0 Å². The highest BCUT2D eigenvalue weighted by molar-refractivity contribution is 8.16. The van der Waals surface area contributed by atoms with Gasteiger partial charge in [0.2, 0.25) is 0 Å². The summed E-state index contributed by atoms with van der Waals surface area (Å²) in [6.07, 6.45) is 7.43. The van der Waals surface area contributed by atoms with E-state index in [1.54, 1.807) is 12.2 Å². The highest BCUT2D eigenvalue weighted by Gasteiger charge is 2.27. The third-order valence-corrected chi connectivity index (χ3v) is 6.07. The van der Waals surface area contributed by atoms with Crippen LogP contribution in [0.5, 0.6) is 0 Å². The first kappa shape index (κ1) is 25.8. The molecule has 0 aliphatic heterocycles. The van der Waals surface area contributed by atoms with Gasteiger partial charge in [0.25, 0.3) is 0 Å². The number of nitrogens with one attached hydrogen (secondary N) is 3.